The molecule has 0 unspecified atom stereocenters. The van der Waals surface area contributed by atoms with Gasteiger partial charge < -0.3 is 4.74 Å². The van der Waals surface area contributed by atoms with Gasteiger partial charge in [-0.25, -0.2) is 4.79 Å². The molecule has 2 nitrogen and oxygen atoms in total. The van der Waals surface area contributed by atoms with Gasteiger partial charge in [0.2, 0.25) is 0 Å². The number of hydrogen-bond acceptors (Lipinski definition) is 2. The van der Waals surface area contributed by atoms with E-state index in [9.17, 15) is 4.79 Å². The van der Waals surface area contributed by atoms with Crippen molar-refractivity contribution in [3.8, 4) is 0 Å². The Balaban J connectivity index is 2.80. The van der Waals surface area contributed by atoms with Crippen LogP contribution in [0.1, 0.15) is 29.8 Å². The molecular weight excluding hydrogens is 188 g/mol. The molecule has 1 aromatic carbocycles. The van der Waals surface area contributed by atoms with Crippen molar-refractivity contribution in [3.63, 3.8) is 0 Å². The highest BCUT2D eigenvalue weighted by Gasteiger charge is 2.08. The molecule has 0 bridgehead atoms. The van der Waals surface area contributed by atoms with Crippen molar-refractivity contribution < 1.29 is 9.53 Å². The highest BCUT2D eigenvalue weighted by molar-refractivity contribution is 5.89. The summed E-state index contributed by atoms with van der Waals surface area (Å²) in [4.78, 5) is 11.5. The van der Waals surface area contributed by atoms with Gasteiger partial charge in [-0.15, -0.1) is 6.58 Å². The van der Waals surface area contributed by atoms with Crippen LogP contribution in [0.4, 0.5) is 0 Å². The SMILES string of the molecule is C=CCc1[c]ccc(C(=O)OC(C)C)c1. The first-order valence-corrected chi connectivity index (χ1v) is 4.96. The lowest BCUT2D eigenvalue weighted by Gasteiger charge is -2.08. The molecular formula is C13H15O2. The second kappa shape index (κ2) is 5.35. The highest BCUT2D eigenvalue weighted by Crippen LogP contribution is 2.08. The summed E-state index contributed by atoms with van der Waals surface area (Å²) in [7, 11) is 0. The highest BCUT2D eigenvalue weighted by atomic mass is 16.5. The molecule has 0 aliphatic carbocycles. The Morgan fingerprint density at radius 3 is 3.00 bits per heavy atom. The van der Waals surface area contributed by atoms with Crippen LogP contribution in [0.5, 0.6) is 0 Å². The Labute approximate surface area is 90.6 Å². The summed E-state index contributed by atoms with van der Waals surface area (Å²) < 4.78 is 5.09. The molecule has 0 aliphatic rings. The monoisotopic (exact) mass is 203 g/mol. The maximum Gasteiger partial charge on any atom is 0.338 e. The van der Waals surface area contributed by atoms with Gasteiger partial charge >= 0.3 is 5.97 Å². The Morgan fingerprint density at radius 2 is 2.40 bits per heavy atom. The number of allylic oxidation sites excluding steroid dienone is 1. The van der Waals surface area contributed by atoms with E-state index in [1.807, 2.05) is 13.8 Å². The van der Waals surface area contributed by atoms with Crippen molar-refractivity contribution in [1.82, 2.24) is 0 Å². The van der Waals surface area contributed by atoms with Gasteiger partial charge in [-0.3, -0.25) is 0 Å². The van der Waals surface area contributed by atoms with E-state index in [2.05, 4.69) is 12.6 Å². The molecule has 0 fully saturated rings. The molecule has 79 valence electrons. The minimum atomic E-state index is -0.288. The predicted molar refractivity (Wildman–Crippen MR) is 59.7 cm³/mol. The van der Waals surface area contributed by atoms with Crippen molar-refractivity contribution in [2.75, 3.05) is 0 Å². The Kier molecular flexibility index (Phi) is 4.10. The van der Waals surface area contributed by atoms with Crippen LogP contribution in [-0.4, -0.2) is 12.1 Å². The molecule has 0 saturated heterocycles. The van der Waals surface area contributed by atoms with Crippen molar-refractivity contribution in [1.29, 1.82) is 0 Å². The second-order valence-electron chi connectivity index (χ2n) is 3.55. The summed E-state index contributed by atoms with van der Waals surface area (Å²) in [5, 5.41) is 0. The van der Waals surface area contributed by atoms with Gasteiger partial charge in [-0.1, -0.05) is 12.1 Å². The van der Waals surface area contributed by atoms with Crippen LogP contribution < -0.4 is 0 Å². The maximum atomic E-state index is 11.5. The van der Waals surface area contributed by atoms with Gasteiger partial charge in [0.1, 0.15) is 0 Å². The lowest BCUT2D eigenvalue weighted by Crippen LogP contribution is -2.11. The van der Waals surface area contributed by atoms with Gasteiger partial charge in [0.25, 0.3) is 0 Å². The number of hydrogen-bond donors (Lipinski definition) is 0. The molecule has 1 radical (unpaired) electrons. The van der Waals surface area contributed by atoms with Crippen LogP contribution in [-0.2, 0) is 11.2 Å². The number of benzene rings is 1. The van der Waals surface area contributed by atoms with Crippen molar-refractivity contribution >= 4 is 5.97 Å². The largest absolute Gasteiger partial charge is 0.459 e. The molecule has 0 atom stereocenters. The molecule has 1 aromatic rings. The second-order valence-corrected chi connectivity index (χ2v) is 3.55. The molecule has 0 spiro atoms. The lowest BCUT2D eigenvalue weighted by atomic mass is 10.1. The van der Waals surface area contributed by atoms with Crippen molar-refractivity contribution in [3.05, 3.63) is 48.0 Å². The third-order valence-electron chi connectivity index (χ3n) is 1.80. The molecule has 0 N–H and O–H groups in total. The normalized spacial score (nSPS) is 10.1. The van der Waals surface area contributed by atoms with Gasteiger partial charge in [0, 0.05) is 0 Å². The number of esters is 1. The van der Waals surface area contributed by atoms with E-state index < -0.39 is 0 Å². The minimum absolute atomic E-state index is 0.0930. The molecule has 0 heterocycles. The molecule has 0 amide bonds. The van der Waals surface area contributed by atoms with Crippen LogP contribution in [0, 0.1) is 6.07 Å². The van der Waals surface area contributed by atoms with Gasteiger partial charge in [-0.2, -0.15) is 0 Å². The Bertz CT molecular complexity index is 353. The molecule has 0 aliphatic heterocycles. The van der Waals surface area contributed by atoms with Crippen LogP contribution in [0.2, 0.25) is 0 Å². The fourth-order valence-electron chi connectivity index (χ4n) is 1.20. The zero-order valence-electron chi connectivity index (χ0n) is 9.12. The summed E-state index contributed by atoms with van der Waals surface area (Å²) in [6, 6.07) is 8.26. The molecule has 15 heavy (non-hydrogen) atoms. The summed E-state index contributed by atoms with van der Waals surface area (Å²) in [5.74, 6) is -0.288. The van der Waals surface area contributed by atoms with Gasteiger partial charge in [0.15, 0.2) is 0 Å². The first kappa shape index (κ1) is 11.5. The summed E-state index contributed by atoms with van der Waals surface area (Å²) >= 11 is 0. The summed E-state index contributed by atoms with van der Waals surface area (Å²) in [5.41, 5.74) is 1.52. The third kappa shape index (κ3) is 3.58. The van der Waals surface area contributed by atoms with E-state index in [1.165, 1.54) is 0 Å². The molecule has 0 aromatic heterocycles. The minimum Gasteiger partial charge on any atom is -0.459 e. The first-order chi connectivity index (χ1) is 7.13. The van der Waals surface area contributed by atoms with Crippen LogP contribution >= 0.6 is 0 Å². The predicted octanol–water partition coefficient (Wildman–Crippen LogP) is 2.78. The molecule has 1 rings (SSSR count). The summed E-state index contributed by atoms with van der Waals surface area (Å²) in [6.07, 6.45) is 2.40. The maximum absolute atomic E-state index is 11.5. The number of carbonyl (C=O) groups excluding carboxylic acids is 1. The number of rotatable bonds is 4. The average Bonchev–Trinajstić information content (AvgIpc) is 2.17. The number of ether oxygens (including phenoxy) is 1. The van der Waals surface area contributed by atoms with Gasteiger partial charge in [-0.05, 0) is 44.0 Å². The molecule has 2 heteroatoms. The smallest absolute Gasteiger partial charge is 0.338 e. The van der Waals surface area contributed by atoms with E-state index in [-0.39, 0.29) is 12.1 Å². The fraction of sp³-hybridized carbons (Fsp3) is 0.308. The van der Waals surface area contributed by atoms with E-state index in [4.69, 9.17) is 4.74 Å². The lowest BCUT2D eigenvalue weighted by molar-refractivity contribution is 0.0378. The Hall–Kier alpha value is -1.57. The average molecular weight is 203 g/mol. The number of carbonyl (C=O) groups is 1. The van der Waals surface area contributed by atoms with E-state index in [0.29, 0.717) is 12.0 Å². The zero-order valence-corrected chi connectivity index (χ0v) is 9.12. The first-order valence-electron chi connectivity index (χ1n) is 4.96. The van der Waals surface area contributed by atoms with E-state index >= 15 is 0 Å². The van der Waals surface area contributed by atoms with E-state index in [1.54, 1.807) is 24.3 Å². The third-order valence-corrected chi connectivity index (χ3v) is 1.80. The van der Waals surface area contributed by atoms with Crippen molar-refractivity contribution in [2.24, 2.45) is 0 Å². The quantitative estimate of drug-likeness (QED) is 0.555. The van der Waals surface area contributed by atoms with Gasteiger partial charge in [0.05, 0.1) is 11.7 Å². The fourth-order valence-corrected chi connectivity index (χ4v) is 1.20. The topological polar surface area (TPSA) is 26.3 Å². The van der Waals surface area contributed by atoms with Crippen LogP contribution in [0.3, 0.4) is 0 Å². The summed E-state index contributed by atoms with van der Waals surface area (Å²) in [6.45, 7) is 7.30. The van der Waals surface area contributed by atoms with Crippen LogP contribution in [0.25, 0.3) is 0 Å². The standard InChI is InChI=1S/C13H15O2/c1-4-6-11-7-5-8-12(9-11)13(14)15-10(2)3/h4-5,8-10H,1,6H2,2-3H3. The zero-order chi connectivity index (χ0) is 11.3. The van der Waals surface area contributed by atoms with Crippen molar-refractivity contribution in [2.45, 2.75) is 26.4 Å². The Morgan fingerprint density at radius 1 is 1.67 bits per heavy atom. The van der Waals surface area contributed by atoms with Crippen LogP contribution in [0.15, 0.2) is 30.9 Å². The molecule has 0 saturated carbocycles. The van der Waals surface area contributed by atoms with E-state index in [0.717, 1.165) is 5.56 Å².